The first-order chi connectivity index (χ1) is 12.6. The van der Waals surface area contributed by atoms with Gasteiger partial charge in [-0.05, 0) is 39.5 Å². The predicted molar refractivity (Wildman–Crippen MR) is 118 cm³/mol. The van der Waals surface area contributed by atoms with Crippen molar-refractivity contribution in [3.63, 3.8) is 0 Å². The van der Waals surface area contributed by atoms with E-state index in [1.807, 2.05) is 0 Å². The minimum absolute atomic E-state index is 0.501. The van der Waals surface area contributed by atoms with Crippen LogP contribution >= 0.6 is 10.2 Å². The molecular formula is C24H31NS. The van der Waals surface area contributed by atoms with Crippen LogP contribution in [0.2, 0.25) is 0 Å². The number of benzene rings is 2. The van der Waals surface area contributed by atoms with Crippen LogP contribution in [0.5, 0.6) is 0 Å². The fraction of sp³-hybridized carbons (Fsp3) is 0.333. The average Bonchev–Trinajstić information content (AvgIpc) is 3.10. The van der Waals surface area contributed by atoms with E-state index in [2.05, 4.69) is 110 Å². The summed E-state index contributed by atoms with van der Waals surface area (Å²) in [6.07, 6.45) is 2.36. The van der Waals surface area contributed by atoms with Crippen molar-refractivity contribution in [1.29, 1.82) is 0 Å². The van der Waals surface area contributed by atoms with Gasteiger partial charge in [-0.15, -0.1) is 10.2 Å². The molecule has 2 unspecified atom stereocenters. The van der Waals surface area contributed by atoms with Crippen LogP contribution in [0.15, 0.2) is 77.6 Å². The maximum atomic E-state index is 2.69. The molecule has 0 aromatic heterocycles. The minimum atomic E-state index is -1.20. The molecule has 2 atom stereocenters. The molecule has 0 aliphatic carbocycles. The Balaban J connectivity index is 2.14. The number of hydrogen-bond acceptors (Lipinski definition) is 1. The second kappa shape index (κ2) is 8.28. The number of nitrogens with zero attached hydrogens (tertiary/aromatic N) is 1. The lowest BCUT2D eigenvalue weighted by atomic mass is 10.0. The molecule has 0 bridgehead atoms. The van der Waals surface area contributed by atoms with Crippen LogP contribution in [0.1, 0.15) is 44.1 Å². The molecule has 2 aromatic rings. The summed E-state index contributed by atoms with van der Waals surface area (Å²) in [5.74, 6) is 0.573. The molecule has 138 valence electrons. The van der Waals surface area contributed by atoms with Crippen molar-refractivity contribution in [2.45, 2.75) is 32.9 Å². The SMILES string of the molecule is CCN(CC)S1(C(c2ccccc2)C(C)C)C=CC(c2ccccc2)=C1. The molecule has 3 rings (SSSR count). The van der Waals surface area contributed by atoms with E-state index in [1.54, 1.807) is 0 Å². The lowest BCUT2D eigenvalue weighted by molar-refractivity contribution is 0.496. The number of allylic oxidation sites excluding steroid dienone is 2. The van der Waals surface area contributed by atoms with E-state index in [0.29, 0.717) is 11.2 Å². The van der Waals surface area contributed by atoms with Crippen LogP contribution < -0.4 is 0 Å². The molecule has 0 radical (unpaired) electrons. The van der Waals surface area contributed by atoms with E-state index >= 15 is 0 Å². The summed E-state index contributed by atoms with van der Waals surface area (Å²) in [7, 11) is -1.20. The summed E-state index contributed by atoms with van der Waals surface area (Å²) < 4.78 is 2.69. The largest absolute Gasteiger partial charge is 0.261 e. The maximum Gasteiger partial charge on any atom is 0.0351 e. The Kier molecular flexibility index (Phi) is 6.05. The van der Waals surface area contributed by atoms with E-state index in [0.717, 1.165) is 13.1 Å². The minimum Gasteiger partial charge on any atom is -0.261 e. The third-order valence-corrected chi connectivity index (χ3v) is 9.43. The van der Waals surface area contributed by atoms with Gasteiger partial charge in [0.15, 0.2) is 0 Å². The standard InChI is InChI=1S/C24H31NS/c1-5-25(6-2)26(24(20(3)4)22-15-11-8-12-16-22)18-17-23(19-26)21-13-9-7-10-14-21/h7-20,24H,5-6H2,1-4H3. The summed E-state index contributed by atoms with van der Waals surface area (Å²) in [5, 5.41) is 5.62. The van der Waals surface area contributed by atoms with E-state index in [9.17, 15) is 0 Å². The van der Waals surface area contributed by atoms with Crippen LogP contribution in [-0.2, 0) is 0 Å². The highest BCUT2D eigenvalue weighted by molar-refractivity contribution is 8.37. The van der Waals surface area contributed by atoms with E-state index in [1.165, 1.54) is 16.7 Å². The van der Waals surface area contributed by atoms with Crippen molar-refractivity contribution in [2.24, 2.45) is 5.92 Å². The van der Waals surface area contributed by atoms with E-state index < -0.39 is 10.2 Å². The van der Waals surface area contributed by atoms with Crippen LogP contribution in [0, 0.1) is 5.92 Å². The van der Waals surface area contributed by atoms with Gasteiger partial charge in [-0.1, -0.05) is 88.4 Å². The van der Waals surface area contributed by atoms with Crippen LogP contribution in [0.4, 0.5) is 0 Å². The van der Waals surface area contributed by atoms with Gasteiger partial charge in [0.1, 0.15) is 0 Å². The molecule has 1 heterocycles. The third-order valence-electron chi connectivity index (χ3n) is 5.18. The molecule has 1 aliphatic rings. The van der Waals surface area contributed by atoms with Gasteiger partial charge >= 0.3 is 0 Å². The van der Waals surface area contributed by atoms with Gasteiger partial charge in [0, 0.05) is 18.3 Å². The van der Waals surface area contributed by atoms with Crippen molar-refractivity contribution in [3.8, 4) is 0 Å². The van der Waals surface area contributed by atoms with Crippen LogP contribution in [0.25, 0.3) is 5.57 Å². The highest BCUT2D eigenvalue weighted by atomic mass is 32.3. The second-order valence-electron chi connectivity index (χ2n) is 7.16. The van der Waals surface area contributed by atoms with E-state index in [4.69, 9.17) is 0 Å². The zero-order chi connectivity index (χ0) is 18.6. The fourth-order valence-corrected chi connectivity index (χ4v) is 8.47. The molecule has 0 saturated carbocycles. The Hall–Kier alpha value is -1.77. The Labute approximate surface area is 160 Å². The van der Waals surface area contributed by atoms with Crippen molar-refractivity contribution in [2.75, 3.05) is 13.1 Å². The summed E-state index contributed by atoms with van der Waals surface area (Å²) >= 11 is 0. The molecular weight excluding hydrogens is 334 g/mol. The zero-order valence-corrected chi connectivity index (χ0v) is 17.2. The lowest BCUT2D eigenvalue weighted by Crippen LogP contribution is -2.30. The predicted octanol–water partition coefficient (Wildman–Crippen LogP) is 7.01. The first kappa shape index (κ1) is 19.0. The highest BCUT2D eigenvalue weighted by Gasteiger charge is 2.39. The fourth-order valence-electron chi connectivity index (χ4n) is 4.09. The molecule has 1 nitrogen and oxygen atoms in total. The van der Waals surface area contributed by atoms with Gasteiger partial charge in [-0.25, -0.2) is 0 Å². The van der Waals surface area contributed by atoms with Gasteiger partial charge in [0.2, 0.25) is 0 Å². The first-order valence-corrected chi connectivity index (χ1v) is 11.5. The highest BCUT2D eigenvalue weighted by Crippen LogP contribution is 2.70. The molecule has 2 aromatic carbocycles. The van der Waals surface area contributed by atoms with Gasteiger partial charge in [0.05, 0.1) is 0 Å². The normalized spacial score (nSPS) is 23.1. The van der Waals surface area contributed by atoms with Crippen molar-refractivity contribution in [1.82, 2.24) is 4.31 Å². The summed E-state index contributed by atoms with van der Waals surface area (Å²) in [6.45, 7) is 11.5. The van der Waals surface area contributed by atoms with Gasteiger partial charge in [-0.2, -0.15) is 0 Å². The number of hydrogen-bond donors (Lipinski definition) is 0. The Bertz CT molecular complexity index is 759. The molecule has 0 spiro atoms. The molecule has 0 amide bonds. The monoisotopic (exact) mass is 365 g/mol. The van der Waals surface area contributed by atoms with Crippen molar-refractivity contribution < 1.29 is 0 Å². The third kappa shape index (κ3) is 3.54. The van der Waals surface area contributed by atoms with Crippen molar-refractivity contribution >= 4 is 15.8 Å². The summed E-state index contributed by atoms with van der Waals surface area (Å²) in [5.41, 5.74) is 4.15. The van der Waals surface area contributed by atoms with Gasteiger partial charge in [0.25, 0.3) is 0 Å². The van der Waals surface area contributed by atoms with Gasteiger partial charge < -0.3 is 0 Å². The Morgan fingerprint density at radius 1 is 0.846 bits per heavy atom. The number of rotatable bonds is 7. The van der Waals surface area contributed by atoms with Crippen LogP contribution in [-0.4, -0.2) is 17.4 Å². The van der Waals surface area contributed by atoms with Crippen LogP contribution in [0.3, 0.4) is 0 Å². The maximum absolute atomic E-state index is 2.69. The van der Waals surface area contributed by atoms with Gasteiger partial charge in [-0.3, -0.25) is 4.31 Å². The van der Waals surface area contributed by atoms with E-state index in [-0.39, 0.29) is 0 Å². The second-order valence-corrected chi connectivity index (χ2v) is 10.1. The zero-order valence-electron chi connectivity index (χ0n) is 16.4. The summed E-state index contributed by atoms with van der Waals surface area (Å²) in [4.78, 5) is 0. The molecule has 0 N–H and O–H groups in total. The molecule has 1 aliphatic heterocycles. The Morgan fingerprint density at radius 2 is 1.42 bits per heavy atom. The molecule has 26 heavy (non-hydrogen) atoms. The smallest absolute Gasteiger partial charge is 0.0351 e. The first-order valence-electron chi connectivity index (χ1n) is 9.70. The topological polar surface area (TPSA) is 3.24 Å². The summed E-state index contributed by atoms with van der Waals surface area (Å²) in [6, 6.07) is 21.9. The Morgan fingerprint density at radius 3 is 1.96 bits per heavy atom. The molecule has 2 heteroatoms. The molecule has 0 saturated heterocycles. The van der Waals surface area contributed by atoms with Crippen molar-refractivity contribution in [3.05, 3.63) is 88.7 Å². The lowest BCUT2D eigenvalue weighted by Gasteiger charge is -2.50. The average molecular weight is 366 g/mol. The quantitative estimate of drug-likeness (QED) is 0.510. The molecule has 0 fully saturated rings.